The van der Waals surface area contributed by atoms with E-state index in [1.807, 2.05) is 0 Å². The van der Waals surface area contributed by atoms with Crippen LogP contribution in [0.3, 0.4) is 0 Å². The highest BCUT2D eigenvalue weighted by molar-refractivity contribution is 7.00. The van der Waals surface area contributed by atoms with E-state index in [1.165, 1.54) is 62.9 Å². The smallest absolute Gasteiger partial charge is 0.252 e. The first kappa shape index (κ1) is 35.9. The second-order valence-electron chi connectivity index (χ2n) is 17.0. The van der Waals surface area contributed by atoms with Gasteiger partial charge in [0, 0.05) is 50.5 Å². The Kier molecular flexibility index (Phi) is 8.23. The molecule has 3 aliphatic rings. The van der Waals surface area contributed by atoms with E-state index < -0.39 is 0 Å². The average Bonchev–Trinajstić information content (AvgIpc) is 3.74. The summed E-state index contributed by atoms with van der Waals surface area (Å²) in [5.74, 6) is 0. The Morgan fingerprint density at radius 2 is 1.03 bits per heavy atom. The van der Waals surface area contributed by atoms with Gasteiger partial charge in [-0.05, 0) is 125 Å². The Balaban J connectivity index is 1.18. The molecule has 4 nitrogen and oxygen atoms in total. The lowest BCUT2D eigenvalue weighted by atomic mass is 9.33. The second kappa shape index (κ2) is 14.4. The maximum atomic E-state index is 6.97. The first-order valence-corrected chi connectivity index (χ1v) is 22.3. The minimum atomic E-state index is 0.0206. The highest BCUT2D eigenvalue weighted by Crippen LogP contribution is 2.52. The van der Waals surface area contributed by atoms with Crippen molar-refractivity contribution in [3.63, 3.8) is 0 Å². The van der Waals surface area contributed by atoms with Gasteiger partial charge in [-0.2, -0.15) is 0 Å². The SMILES string of the molecule is c1ccc(-c2c(N(c3cc4c5c(c3)N(c3ccccc3)c3ccccc3B5c3ccccc3N4c3ccccc3)c3cccc4c3oc3ccccc34)ccc3c2CCCC3)cc1. The van der Waals surface area contributed by atoms with Crippen molar-refractivity contribution in [1.82, 2.24) is 0 Å². The van der Waals surface area contributed by atoms with Crippen LogP contribution in [0.15, 0.2) is 211 Å². The molecule has 10 aromatic rings. The number of para-hydroxylation sites is 6. The summed E-state index contributed by atoms with van der Waals surface area (Å²) in [6.45, 7) is 0.0206. The molecule has 0 radical (unpaired) electrons. The maximum absolute atomic E-state index is 6.97. The van der Waals surface area contributed by atoms with Crippen LogP contribution in [0.1, 0.15) is 24.0 Å². The van der Waals surface area contributed by atoms with Crippen LogP contribution in [0.5, 0.6) is 0 Å². The summed E-state index contributed by atoms with van der Waals surface area (Å²) in [6, 6.07) is 75.7. The lowest BCUT2D eigenvalue weighted by molar-refractivity contribution is 0.669. The van der Waals surface area contributed by atoms with E-state index in [0.717, 1.165) is 74.6 Å². The fourth-order valence-electron chi connectivity index (χ4n) is 11.0. The van der Waals surface area contributed by atoms with Crippen molar-refractivity contribution in [2.75, 3.05) is 14.7 Å². The summed E-state index contributed by atoms with van der Waals surface area (Å²) in [4.78, 5) is 7.51. The third-order valence-corrected chi connectivity index (χ3v) is 13.6. The Morgan fingerprint density at radius 3 is 1.71 bits per heavy atom. The highest BCUT2D eigenvalue weighted by atomic mass is 16.3. The summed E-state index contributed by atoms with van der Waals surface area (Å²) in [6.07, 6.45) is 4.53. The van der Waals surface area contributed by atoms with Crippen LogP contribution in [0.2, 0.25) is 0 Å². The number of anilines is 9. The van der Waals surface area contributed by atoms with Crippen molar-refractivity contribution in [2.24, 2.45) is 0 Å². The van der Waals surface area contributed by atoms with Crippen molar-refractivity contribution in [1.29, 1.82) is 0 Å². The molecule has 0 spiro atoms. The highest BCUT2D eigenvalue weighted by Gasteiger charge is 2.44. The first-order chi connectivity index (χ1) is 31.3. The minimum Gasteiger partial charge on any atom is -0.454 e. The van der Waals surface area contributed by atoms with E-state index in [0.29, 0.717) is 0 Å². The van der Waals surface area contributed by atoms with Gasteiger partial charge in [-0.25, -0.2) is 0 Å². The molecule has 0 N–H and O–H groups in total. The van der Waals surface area contributed by atoms with Crippen LogP contribution in [0.4, 0.5) is 51.2 Å². The summed E-state index contributed by atoms with van der Waals surface area (Å²) in [5.41, 5.74) is 21.2. The molecule has 0 saturated heterocycles. The average molecular weight is 808 g/mol. The molecule has 0 unspecified atom stereocenters. The Hall–Kier alpha value is -7.76. The standard InChI is InChI=1S/C58H42BN3O/c1-4-20-40(21-5-1)56-44-26-11-10-19-39(44)35-36-51(56)62(52-33-18-28-46-45-27-12-17-34-55(45)63-58(46)52)43-37-53-57-54(38-43)61(42-24-8-3-9-25-42)50-32-16-14-30-48(50)59(57)47-29-13-15-31-49(47)60(53)41-22-6-2-7-23-41/h1-9,12-18,20-25,27-38H,10-11,19,26H2. The van der Waals surface area contributed by atoms with Gasteiger partial charge < -0.3 is 19.1 Å². The zero-order valence-corrected chi connectivity index (χ0v) is 34.8. The molecule has 0 atom stereocenters. The number of nitrogens with zero attached hydrogens (tertiary/aromatic N) is 3. The van der Waals surface area contributed by atoms with Crippen LogP contribution < -0.4 is 31.1 Å². The van der Waals surface area contributed by atoms with E-state index in [1.54, 1.807) is 0 Å². The molecular formula is C58H42BN3O. The molecule has 0 bridgehead atoms. The van der Waals surface area contributed by atoms with E-state index in [-0.39, 0.29) is 6.71 Å². The molecule has 1 aliphatic carbocycles. The number of benzene rings is 9. The number of rotatable bonds is 6. The molecule has 63 heavy (non-hydrogen) atoms. The number of hydrogen-bond donors (Lipinski definition) is 0. The fraction of sp³-hybridized carbons (Fsp3) is 0.0690. The van der Waals surface area contributed by atoms with E-state index in [9.17, 15) is 0 Å². The first-order valence-electron chi connectivity index (χ1n) is 22.3. The fourth-order valence-corrected chi connectivity index (χ4v) is 11.0. The van der Waals surface area contributed by atoms with Crippen LogP contribution >= 0.6 is 0 Å². The molecular weight excluding hydrogens is 765 g/mol. The van der Waals surface area contributed by atoms with Crippen molar-refractivity contribution in [3.05, 3.63) is 217 Å². The number of fused-ring (bicyclic) bond motifs is 8. The van der Waals surface area contributed by atoms with Gasteiger partial charge in [0.05, 0.1) is 17.1 Å². The Bertz CT molecular complexity index is 3270. The van der Waals surface area contributed by atoms with Gasteiger partial charge in [0.1, 0.15) is 5.58 Å². The monoisotopic (exact) mass is 807 g/mol. The van der Waals surface area contributed by atoms with E-state index in [4.69, 9.17) is 4.42 Å². The molecule has 0 amide bonds. The summed E-state index contributed by atoms with van der Waals surface area (Å²) in [7, 11) is 0. The summed E-state index contributed by atoms with van der Waals surface area (Å²) < 4.78 is 6.97. The molecule has 5 heteroatoms. The molecule has 1 aromatic heterocycles. The number of furan rings is 1. The van der Waals surface area contributed by atoms with E-state index >= 15 is 0 Å². The third-order valence-electron chi connectivity index (χ3n) is 13.6. The maximum Gasteiger partial charge on any atom is 0.252 e. The normalized spacial score (nSPS) is 13.7. The molecule has 2 aliphatic heterocycles. The van der Waals surface area contributed by atoms with Crippen LogP contribution in [0.25, 0.3) is 33.1 Å². The third kappa shape index (κ3) is 5.56. The summed E-state index contributed by atoms with van der Waals surface area (Å²) in [5, 5.41) is 2.22. The van der Waals surface area contributed by atoms with Gasteiger partial charge in [0.15, 0.2) is 5.58 Å². The van der Waals surface area contributed by atoms with Crippen molar-refractivity contribution >= 4 is 96.2 Å². The van der Waals surface area contributed by atoms with Crippen molar-refractivity contribution in [2.45, 2.75) is 25.7 Å². The number of aryl methyl sites for hydroxylation is 1. The van der Waals surface area contributed by atoms with Gasteiger partial charge >= 0.3 is 0 Å². The van der Waals surface area contributed by atoms with Gasteiger partial charge in [0.2, 0.25) is 0 Å². The molecule has 298 valence electrons. The Labute approximate surface area is 368 Å². The van der Waals surface area contributed by atoms with Gasteiger partial charge in [-0.3, -0.25) is 0 Å². The zero-order valence-electron chi connectivity index (χ0n) is 34.8. The molecule has 13 rings (SSSR count). The van der Waals surface area contributed by atoms with Crippen LogP contribution in [-0.4, -0.2) is 6.71 Å². The van der Waals surface area contributed by atoms with Gasteiger partial charge in [-0.1, -0.05) is 140 Å². The van der Waals surface area contributed by atoms with Crippen LogP contribution in [0, 0.1) is 0 Å². The van der Waals surface area contributed by atoms with E-state index in [2.05, 4.69) is 221 Å². The van der Waals surface area contributed by atoms with Crippen molar-refractivity contribution < 1.29 is 4.42 Å². The molecule has 3 heterocycles. The number of hydrogen-bond acceptors (Lipinski definition) is 4. The second-order valence-corrected chi connectivity index (χ2v) is 17.0. The van der Waals surface area contributed by atoms with Crippen LogP contribution in [-0.2, 0) is 12.8 Å². The van der Waals surface area contributed by atoms with Gasteiger partial charge in [0.25, 0.3) is 6.71 Å². The lowest BCUT2D eigenvalue weighted by Crippen LogP contribution is -2.61. The molecule has 0 saturated carbocycles. The van der Waals surface area contributed by atoms with Gasteiger partial charge in [-0.15, -0.1) is 0 Å². The quantitative estimate of drug-likeness (QED) is 0.156. The Morgan fingerprint density at radius 1 is 0.460 bits per heavy atom. The van der Waals surface area contributed by atoms with Crippen molar-refractivity contribution in [3.8, 4) is 11.1 Å². The predicted octanol–water partition coefficient (Wildman–Crippen LogP) is 13.7. The topological polar surface area (TPSA) is 22.9 Å². The molecule has 0 fully saturated rings. The minimum absolute atomic E-state index is 0.0206. The zero-order chi connectivity index (χ0) is 41.4. The predicted molar refractivity (Wildman–Crippen MR) is 265 cm³/mol. The summed E-state index contributed by atoms with van der Waals surface area (Å²) >= 11 is 0. The molecule has 9 aromatic carbocycles. The largest absolute Gasteiger partial charge is 0.454 e. The lowest BCUT2D eigenvalue weighted by Gasteiger charge is -2.45.